The Bertz CT molecular complexity index is 904. The fourth-order valence-corrected chi connectivity index (χ4v) is 3.44. The van der Waals surface area contributed by atoms with Gasteiger partial charge in [0.1, 0.15) is 5.75 Å². The molecule has 1 aliphatic rings. The molecule has 0 aromatic heterocycles. The van der Waals surface area contributed by atoms with E-state index < -0.39 is 0 Å². The minimum Gasteiger partial charge on any atom is -0.493 e. The Morgan fingerprint density at radius 2 is 1.84 bits per heavy atom. The predicted molar refractivity (Wildman–Crippen MR) is 114 cm³/mol. The van der Waals surface area contributed by atoms with Crippen molar-refractivity contribution in [3.05, 3.63) is 53.6 Å². The van der Waals surface area contributed by atoms with Gasteiger partial charge in [-0.3, -0.25) is 9.69 Å². The lowest BCUT2D eigenvalue weighted by Gasteiger charge is -2.35. The molecule has 1 heterocycles. The number of ether oxygens (including phenoxy) is 4. The van der Waals surface area contributed by atoms with E-state index in [0.717, 1.165) is 18.7 Å². The molecule has 0 saturated carbocycles. The number of rotatable bonds is 9. The fourth-order valence-electron chi connectivity index (χ4n) is 3.44. The highest BCUT2D eigenvalue weighted by atomic mass is 16.5. The van der Waals surface area contributed by atoms with Crippen molar-refractivity contribution in [3.63, 3.8) is 0 Å². The molecule has 0 bridgehead atoms. The zero-order valence-electron chi connectivity index (χ0n) is 17.8. The second-order valence-corrected chi connectivity index (χ2v) is 7.01. The zero-order valence-corrected chi connectivity index (χ0v) is 17.8. The van der Waals surface area contributed by atoms with Crippen molar-refractivity contribution in [2.75, 3.05) is 53.7 Å². The van der Waals surface area contributed by atoms with Gasteiger partial charge in [0.25, 0.3) is 5.91 Å². The topological polar surface area (TPSA) is 93.0 Å². The molecule has 0 spiro atoms. The van der Waals surface area contributed by atoms with Crippen LogP contribution in [-0.4, -0.2) is 64.5 Å². The highest BCUT2D eigenvalue weighted by Crippen LogP contribution is 2.32. The highest BCUT2D eigenvalue weighted by Gasteiger charge is 2.24. The van der Waals surface area contributed by atoms with Crippen LogP contribution in [0, 0.1) is 11.3 Å². The number of nitrogens with one attached hydrogen (secondary N) is 1. The standard InChI is InChI=1S/C23H27N3O5/c1-28-21-8-5-18(13-22(21)29-2)20(26-9-11-30-12-10-26)15-25-23(27)16-31-19-6-3-17(14-24)4-7-19/h3-8,13,20H,9-12,15-16H2,1-2H3,(H,25,27). The highest BCUT2D eigenvalue weighted by molar-refractivity contribution is 5.77. The molecule has 0 aliphatic carbocycles. The van der Waals surface area contributed by atoms with Gasteiger partial charge in [0.05, 0.1) is 45.1 Å². The predicted octanol–water partition coefficient (Wildman–Crippen LogP) is 2.14. The molecule has 1 aliphatic heterocycles. The third-order valence-corrected chi connectivity index (χ3v) is 5.12. The molecule has 164 valence electrons. The number of carbonyl (C=O) groups excluding carboxylic acids is 1. The minimum absolute atomic E-state index is 0.0393. The lowest BCUT2D eigenvalue weighted by molar-refractivity contribution is -0.123. The van der Waals surface area contributed by atoms with E-state index in [1.165, 1.54) is 0 Å². The normalized spacial score (nSPS) is 14.9. The van der Waals surface area contributed by atoms with Gasteiger partial charge in [-0.25, -0.2) is 0 Å². The summed E-state index contributed by atoms with van der Waals surface area (Å²) >= 11 is 0. The summed E-state index contributed by atoms with van der Waals surface area (Å²) < 4.78 is 21.8. The monoisotopic (exact) mass is 425 g/mol. The van der Waals surface area contributed by atoms with Crippen molar-refractivity contribution in [1.82, 2.24) is 10.2 Å². The van der Waals surface area contributed by atoms with E-state index in [4.69, 9.17) is 24.2 Å². The van der Waals surface area contributed by atoms with E-state index in [-0.39, 0.29) is 18.6 Å². The Hall–Kier alpha value is -3.28. The van der Waals surface area contributed by atoms with Gasteiger partial charge >= 0.3 is 0 Å². The second kappa shape index (κ2) is 11.2. The van der Waals surface area contributed by atoms with Gasteiger partial charge in [0.15, 0.2) is 18.1 Å². The van der Waals surface area contributed by atoms with E-state index in [2.05, 4.69) is 10.2 Å². The average Bonchev–Trinajstić information content (AvgIpc) is 2.83. The number of nitriles is 1. The molecule has 1 amide bonds. The van der Waals surface area contributed by atoms with Crippen molar-refractivity contribution in [2.45, 2.75) is 6.04 Å². The van der Waals surface area contributed by atoms with Crippen LogP contribution in [0.4, 0.5) is 0 Å². The fraction of sp³-hybridized carbons (Fsp3) is 0.391. The van der Waals surface area contributed by atoms with E-state index in [0.29, 0.717) is 42.6 Å². The summed E-state index contributed by atoms with van der Waals surface area (Å²) in [5.41, 5.74) is 1.56. The summed E-state index contributed by atoms with van der Waals surface area (Å²) in [6.07, 6.45) is 0. The SMILES string of the molecule is COc1ccc(C(CNC(=O)COc2ccc(C#N)cc2)N2CCOCC2)cc1OC. The van der Waals surface area contributed by atoms with Gasteiger partial charge in [0.2, 0.25) is 0 Å². The maximum absolute atomic E-state index is 12.4. The zero-order chi connectivity index (χ0) is 22.1. The van der Waals surface area contributed by atoms with Gasteiger partial charge < -0.3 is 24.3 Å². The Balaban J connectivity index is 1.64. The van der Waals surface area contributed by atoms with Gasteiger partial charge in [-0.15, -0.1) is 0 Å². The molecule has 1 atom stereocenters. The summed E-state index contributed by atoms with van der Waals surface area (Å²) in [6.45, 7) is 3.17. The molecule has 2 aromatic carbocycles. The summed E-state index contributed by atoms with van der Waals surface area (Å²) in [4.78, 5) is 14.7. The van der Waals surface area contributed by atoms with Crippen molar-refractivity contribution in [1.29, 1.82) is 5.26 Å². The third-order valence-electron chi connectivity index (χ3n) is 5.12. The van der Waals surface area contributed by atoms with E-state index in [9.17, 15) is 4.79 Å². The molecule has 1 fully saturated rings. The number of hydrogen-bond acceptors (Lipinski definition) is 7. The number of methoxy groups -OCH3 is 2. The smallest absolute Gasteiger partial charge is 0.258 e. The number of morpholine rings is 1. The van der Waals surface area contributed by atoms with Crippen LogP contribution in [0.1, 0.15) is 17.2 Å². The van der Waals surface area contributed by atoms with Crippen LogP contribution in [0.25, 0.3) is 0 Å². The number of carbonyl (C=O) groups is 1. The second-order valence-electron chi connectivity index (χ2n) is 7.01. The van der Waals surface area contributed by atoms with Gasteiger partial charge in [-0.1, -0.05) is 6.07 Å². The van der Waals surface area contributed by atoms with Crippen LogP contribution in [0.2, 0.25) is 0 Å². The molecule has 1 unspecified atom stereocenters. The van der Waals surface area contributed by atoms with E-state index >= 15 is 0 Å². The van der Waals surface area contributed by atoms with Gasteiger partial charge in [-0.05, 0) is 42.0 Å². The maximum atomic E-state index is 12.4. The lowest BCUT2D eigenvalue weighted by atomic mass is 10.0. The largest absolute Gasteiger partial charge is 0.493 e. The summed E-state index contributed by atoms with van der Waals surface area (Å²) in [7, 11) is 3.21. The Morgan fingerprint density at radius 1 is 1.13 bits per heavy atom. The molecule has 3 rings (SSSR count). The molecule has 8 heteroatoms. The molecule has 2 aromatic rings. The van der Waals surface area contributed by atoms with Crippen molar-refractivity contribution in [3.8, 4) is 23.3 Å². The van der Waals surface area contributed by atoms with Crippen LogP contribution >= 0.6 is 0 Å². The van der Waals surface area contributed by atoms with Gasteiger partial charge in [0, 0.05) is 19.6 Å². The molecule has 1 saturated heterocycles. The number of benzene rings is 2. The first-order valence-electron chi connectivity index (χ1n) is 10.1. The summed E-state index contributed by atoms with van der Waals surface area (Å²) in [6, 6.07) is 14.5. The third kappa shape index (κ3) is 6.10. The lowest BCUT2D eigenvalue weighted by Crippen LogP contribution is -2.44. The Morgan fingerprint density at radius 3 is 2.48 bits per heavy atom. The van der Waals surface area contributed by atoms with Gasteiger partial charge in [-0.2, -0.15) is 5.26 Å². The first kappa shape index (κ1) is 22.4. The first-order chi connectivity index (χ1) is 15.1. The minimum atomic E-state index is -0.219. The van der Waals surface area contributed by atoms with Crippen LogP contribution in [0.15, 0.2) is 42.5 Å². The van der Waals surface area contributed by atoms with Crippen LogP contribution in [0.5, 0.6) is 17.2 Å². The van der Waals surface area contributed by atoms with Crippen LogP contribution in [0.3, 0.4) is 0 Å². The number of nitrogens with zero attached hydrogens (tertiary/aromatic N) is 2. The van der Waals surface area contributed by atoms with E-state index in [1.54, 1.807) is 38.5 Å². The number of hydrogen-bond donors (Lipinski definition) is 1. The Kier molecular flexibility index (Phi) is 8.10. The average molecular weight is 425 g/mol. The van der Waals surface area contributed by atoms with Crippen LogP contribution < -0.4 is 19.5 Å². The molecule has 1 N–H and O–H groups in total. The number of amides is 1. The Labute approximate surface area is 182 Å². The summed E-state index contributed by atoms with van der Waals surface area (Å²) in [5.74, 6) is 1.63. The molecular weight excluding hydrogens is 398 g/mol. The quantitative estimate of drug-likeness (QED) is 0.658. The van der Waals surface area contributed by atoms with E-state index in [1.807, 2.05) is 24.3 Å². The molecular formula is C23H27N3O5. The van der Waals surface area contributed by atoms with Crippen molar-refractivity contribution in [2.24, 2.45) is 0 Å². The first-order valence-corrected chi connectivity index (χ1v) is 10.1. The molecule has 0 radical (unpaired) electrons. The van der Waals surface area contributed by atoms with Crippen LogP contribution in [-0.2, 0) is 9.53 Å². The maximum Gasteiger partial charge on any atom is 0.258 e. The van der Waals surface area contributed by atoms with Crippen molar-refractivity contribution < 1.29 is 23.7 Å². The van der Waals surface area contributed by atoms with Crippen molar-refractivity contribution >= 4 is 5.91 Å². The molecule has 31 heavy (non-hydrogen) atoms. The molecule has 8 nitrogen and oxygen atoms in total. The summed E-state index contributed by atoms with van der Waals surface area (Å²) in [5, 5.41) is 11.8.